The van der Waals surface area contributed by atoms with Crippen molar-refractivity contribution >= 4 is 45.0 Å². The fourth-order valence-corrected chi connectivity index (χ4v) is 6.71. The van der Waals surface area contributed by atoms with Crippen molar-refractivity contribution in [2.24, 2.45) is 0 Å². The predicted octanol–water partition coefficient (Wildman–Crippen LogP) is 4.59. The van der Waals surface area contributed by atoms with Crippen molar-refractivity contribution in [3.63, 3.8) is 0 Å². The zero-order valence-corrected chi connectivity index (χ0v) is 17.4. The Bertz CT molecular complexity index is 968. The second-order valence-corrected chi connectivity index (χ2v) is 10.3. The summed E-state index contributed by atoms with van der Waals surface area (Å²) in [5.74, 6) is 2.18. The van der Waals surface area contributed by atoms with E-state index in [-0.39, 0.29) is 22.0 Å². The highest BCUT2D eigenvalue weighted by Crippen LogP contribution is 2.41. The highest BCUT2D eigenvalue weighted by Gasteiger charge is 2.30. The standard InChI is InChI=1S/C18H17Cl2NO4S2/c19-13-2-3-14(20)18(10-13)27(22,23)21-6-5-17(26-8-7-21)12-1-4-15-16(9-12)25-11-24-15/h1-4,9-10,17H,5-8,11H2/t17-/m0/s1. The van der Waals surface area contributed by atoms with Gasteiger partial charge in [-0.3, -0.25) is 0 Å². The molecular weight excluding hydrogens is 429 g/mol. The van der Waals surface area contributed by atoms with Gasteiger partial charge in [-0.2, -0.15) is 16.1 Å². The van der Waals surface area contributed by atoms with Crippen molar-refractivity contribution in [1.82, 2.24) is 4.31 Å². The summed E-state index contributed by atoms with van der Waals surface area (Å²) in [4.78, 5) is 0.0585. The van der Waals surface area contributed by atoms with Gasteiger partial charge in [0.05, 0.1) is 5.02 Å². The van der Waals surface area contributed by atoms with Gasteiger partial charge >= 0.3 is 0 Å². The Morgan fingerprint density at radius 2 is 1.85 bits per heavy atom. The van der Waals surface area contributed by atoms with Crippen LogP contribution in [0.5, 0.6) is 11.5 Å². The third-order valence-electron chi connectivity index (χ3n) is 4.58. The van der Waals surface area contributed by atoms with Gasteiger partial charge in [-0.25, -0.2) is 8.42 Å². The number of nitrogens with zero attached hydrogens (tertiary/aromatic N) is 1. The van der Waals surface area contributed by atoms with E-state index in [9.17, 15) is 8.42 Å². The quantitative estimate of drug-likeness (QED) is 0.691. The number of rotatable bonds is 3. The normalized spacial score (nSPS) is 20.4. The largest absolute Gasteiger partial charge is 0.454 e. The lowest BCUT2D eigenvalue weighted by Gasteiger charge is -2.21. The molecule has 0 unspecified atom stereocenters. The van der Waals surface area contributed by atoms with Crippen LogP contribution in [0.4, 0.5) is 0 Å². The van der Waals surface area contributed by atoms with Crippen LogP contribution in [0.1, 0.15) is 17.2 Å². The number of sulfonamides is 1. The molecule has 1 fully saturated rings. The average Bonchev–Trinajstić information content (AvgIpc) is 2.97. The molecule has 0 spiro atoms. The van der Waals surface area contributed by atoms with E-state index in [0.717, 1.165) is 17.1 Å². The van der Waals surface area contributed by atoms with Crippen molar-refractivity contribution < 1.29 is 17.9 Å². The van der Waals surface area contributed by atoms with Gasteiger partial charge in [0.15, 0.2) is 11.5 Å². The molecule has 1 saturated heterocycles. The molecule has 2 heterocycles. The molecule has 0 aromatic heterocycles. The molecule has 0 saturated carbocycles. The van der Waals surface area contributed by atoms with E-state index in [2.05, 4.69) is 0 Å². The summed E-state index contributed by atoms with van der Waals surface area (Å²) in [5, 5.41) is 0.721. The average molecular weight is 446 g/mol. The Morgan fingerprint density at radius 3 is 2.70 bits per heavy atom. The van der Waals surface area contributed by atoms with E-state index < -0.39 is 10.0 Å². The minimum absolute atomic E-state index is 0.0585. The first kappa shape index (κ1) is 19.2. The van der Waals surface area contributed by atoms with Crippen LogP contribution < -0.4 is 9.47 Å². The molecule has 2 aliphatic heterocycles. The molecule has 144 valence electrons. The van der Waals surface area contributed by atoms with Crippen LogP contribution in [-0.2, 0) is 10.0 Å². The molecule has 27 heavy (non-hydrogen) atoms. The van der Waals surface area contributed by atoms with Crippen molar-refractivity contribution in [1.29, 1.82) is 0 Å². The Balaban J connectivity index is 1.54. The molecule has 4 rings (SSSR count). The molecule has 0 aliphatic carbocycles. The van der Waals surface area contributed by atoms with Crippen LogP contribution in [-0.4, -0.2) is 38.4 Å². The third-order valence-corrected chi connectivity index (χ3v) is 8.52. The molecule has 0 radical (unpaired) electrons. The summed E-state index contributed by atoms with van der Waals surface area (Å²) in [6.45, 7) is 1.08. The Kier molecular flexibility index (Phi) is 5.49. The number of hydrogen-bond donors (Lipinski definition) is 0. The van der Waals surface area contributed by atoms with Crippen LogP contribution in [0.25, 0.3) is 0 Å². The van der Waals surface area contributed by atoms with E-state index in [1.54, 1.807) is 17.8 Å². The Hall–Kier alpha value is -1.12. The zero-order chi connectivity index (χ0) is 19.0. The summed E-state index contributed by atoms with van der Waals surface area (Å²) in [5.41, 5.74) is 1.12. The minimum atomic E-state index is -3.69. The number of benzene rings is 2. The topological polar surface area (TPSA) is 55.8 Å². The lowest BCUT2D eigenvalue weighted by Crippen LogP contribution is -2.33. The lowest BCUT2D eigenvalue weighted by atomic mass is 10.1. The van der Waals surface area contributed by atoms with Crippen molar-refractivity contribution in [3.05, 3.63) is 52.0 Å². The number of thioether (sulfide) groups is 1. The number of hydrogen-bond acceptors (Lipinski definition) is 5. The van der Waals surface area contributed by atoms with Gasteiger partial charge in [0.2, 0.25) is 16.8 Å². The van der Waals surface area contributed by atoms with Gasteiger partial charge in [0.1, 0.15) is 4.90 Å². The van der Waals surface area contributed by atoms with Gasteiger partial charge in [-0.1, -0.05) is 29.3 Å². The monoisotopic (exact) mass is 445 g/mol. The number of fused-ring (bicyclic) bond motifs is 1. The Morgan fingerprint density at radius 1 is 1.04 bits per heavy atom. The molecule has 2 aliphatic rings. The minimum Gasteiger partial charge on any atom is -0.454 e. The van der Waals surface area contributed by atoms with Crippen LogP contribution in [0.2, 0.25) is 10.0 Å². The lowest BCUT2D eigenvalue weighted by molar-refractivity contribution is 0.174. The molecule has 5 nitrogen and oxygen atoms in total. The van der Waals surface area contributed by atoms with E-state index in [1.807, 2.05) is 18.2 Å². The predicted molar refractivity (Wildman–Crippen MR) is 108 cm³/mol. The summed E-state index contributed by atoms with van der Waals surface area (Å²) in [7, 11) is -3.69. The molecule has 0 amide bonds. The van der Waals surface area contributed by atoms with E-state index in [4.69, 9.17) is 32.7 Å². The summed E-state index contributed by atoms with van der Waals surface area (Å²) >= 11 is 13.8. The molecule has 0 bridgehead atoms. The van der Waals surface area contributed by atoms with Crippen LogP contribution in [0.3, 0.4) is 0 Å². The first-order valence-electron chi connectivity index (χ1n) is 8.41. The highest BCUT2D eigenvalue weighted by atomic mass is 35.5. The van der Waals surface area contributed by atoms with Crippen LogP contribution in [0, 0.1) is 0 Å². The van der Waals surface area contributed by atoms with Gasteiger partial charge in [-0.15, -0.1) is 0 Å². The second kappa shape index (κ2) is 7.72. The van der Waals surface area contributed by atoms with Gasteiger partial charge in [0, 0.05) is 29.1 Å². The van der Waals surface area contributed by atoms with Gasteiger partial charge in [-0.05, 0) is 42.3 Å². The molecule has 9 heteroatoms. The van der Waals surface area contributed by atoms with Crippen molar-refractivity contribution in [2.45, 2.75) is 16.6 Å². The van der Waals surface area contributed by atoms with Crippen LogP contribution >= 0.6 is 35.0 Å². The first-order chi connectivity index (χ1) is 12.9. The number of halogens is 2. The van der Waals surface area contributed by atoms with Crippen LogP contribution in [0.15, 0.2) is 41.3 Å². The van der Waals surface area contributed by atoms with E-state index >= 15 is 0 Å². The Labute approximate surface area is 172 Å². The van der Waals surface area contributed by atoms with Gasteiger partial charge in [0.25, 0.3) is 0 Å². The van der Waals surface area contributed by atoms with Crippen molar-refractivity contribution in [3.8, 4) is 11.5 Å². The molecular formula is C18H17Cl2NO4S2. The number of ether oxygens (including phenoxy) is 2. The molecule has 2 aromatic carbocycles. The molecule has 1 atom stereocenters. The maximum atomic E-state index is 13.0. The van der Waals surface area contributed by atoms with Crippen molar-refractivity contribution in [2.75, 3.05) is 25.6 Å². The summed E-state index contributed by atoms with van der Waals surface area (Å²) < 4.78 is 38.4. The molecule has 0 N–H and O–H groups in total. The first-order valence-corrected chi connectivity index (χ1v) is 11.7. The van der Waals surface area contributed by atoms with Gasteiger partial charge < -0.3 is 9.47 Å². The SMILES string of the molecule is O=S(=O)(c1cc(Cl)ccc1Cl)N1CCS[C@H](c2ccc3c(c2)OCO3)CC1. The molecule has 2 aromatic rings. The maximum Gasteiger partial charge on any atom is 0.244 e. The second-order valence-electron chi connectivity index (χ2n) is 6.24. The third kappa shape index (κ3) is 3.89. The highest BCUT2D eigenvalue weighted by molar-refractivity contribution is 7.99. The van der Waals surface area contributed by atoms with E-state index in [1.165, 1.54) is 16.4 Å². The fourth-order valence-electron chi connectivity index (χ4n) is 3.18. The smallest absolute Gasteiger partial charge is 0.244 e. The van der Waals surface area contributed by atoms with E-state index in [0.29, 0.717) is 30.3 Å². The summed E-state index contributed by atoms with van der Waals surface area (Å²) in [6.07, 6.45) is 0.696. The summed E-state index contributed by atoms with van der Waals surface area (Å²) in [6, 6.07) is 10.4. The fraction of sp³-hybridized carbons (Fsp3) is 0.333. The zero-order valence-electron chi connectivity index (χ0n) is 14.2. The maximum absolute atomic E-state index is 13.0.